The number of carbonyl (C=O) groups is 2. The van der Waals surface area contributed by atoms with Gasteiger partial charge in [0.1, 0.15) is 13.2 Å². The van der Waals surface area contributed by atoms with Crippen LogP contribution in [0.25, 0.3) is 0 Å². The fourth-order valence-corrected chi connectivity index (χ4v) is 3.49. The van der Waals surface area contributed by atoms with Gasteiger partial charge in [0.15, 0.2) is 11.5 Å². The highest BCUT2D eigenvalue weighted by Gasteiger charge is 2.20. The number of hydrogen-bond donors (Lipinski definition) is 3. The zero-order valence-corrected chi connectivity index (χ0v) is 16.1. The Balaban J connectivity index is 1.31. The van der Waals surface area contributed by atoms with Crippen molar-refractivity contribution >= 4 is 23.2 Å². The van der Waals surface area contributed by atoms with E-state index in [-0.39, 0.29) is 6.54 Å². The van der Waals surface area contributed by atoms with Gasteiger partial charge in [-0.15, -0.1) is 0 Å². The van der Waals surface area contributed by atoms with Crippen molar-refractivity contribution in [2.75, 3.05) is 43.6 Å². The number of anilines is 2. The third kappa shape index (κ3) is 4.12. The summed E-state index contributed by atoms with van der Waals surface area (Å²) in [6.45, 7) is 1.81. The first-order chi connectivity index (χ1) is 14.0. The Labute approximate surface area is 168 Å². The zero-order valence-electron chi connectivity index (χ0n) is 16.1. The second-order valence-electron chi connectivity index (χ2n) is 7.10. The Morgan fingerprint density at radius 2 is 1.90 bits per heavy atom. The molecule has 8 nitrogen and oxygen atoms in total. The Morgan fingerprint density at radius 3 is 2.72 bits per heavy atom. The molecule has 2 aromatic carbocycles. The molecule has 29 heavy (non-hydrogen) atoms. The molecule has 2 aromatic rings. The van der Waals surface area contributed by atoms with Gasteiger partial charge in [-0.25, -0.2) is 0 Å². The van der Waals surface area contributed by atoms with Gasteiger partial charge in [-0.3, -0.25) is 9.59 Å². The van der Waals surface area contributed by atoms with Crippen molar-refractivity contribution < 1.29 is 24.2 Å². The molecule has 0 saturated carbocycles. The van der Waals surface area contributed by atoms with Crippen LogP contribution in [-0.4, -0.2) is 50.3 Å². The van der Waals surface area contributed by atoms with Gasteiger partial charge in [0.25, 0.3) is 0 Å². The molecule has 152 valence electrons. The molecule has 0 radical (unpaired) electrons. The van der Waals surface area contributed by atoms with Crippen LogP contribution in [0.15, 0.2) is 36.4 Å². The predicted octanol–water partition coefficient (Wildman–Crippen LogP) is 1.24. The van der Waals surface area contributed by atoms with Crippen molar-refractivity contribution in [2.45, 2.75) is 12.5 Å². The summed E-state index contributed by atoms with van der Waals surface area (Å²) in [4.78, 5) is 26.4. The van der Waals surface area contributed by atoms with Crippen LogP contribution in [0.2, 0.25) is 0 Å². The second kappa shape index (κ2) is 8.00. The van der Waals surface area contributed by atoms with Crippen LogP contribution in [0.4, 0.5) is 11.4 Å². The van der Waals surface area contributed by atoms with Crippen molar-refractivity contribution in [3.63, 3.8) is 0 Å². The molecule has 1 atom stereocenters. The summed E-state index contributed by atoms with van der Waals surface area (Å²) in [6.07, 6.45) is 0.0358. The fraction of sp³-hybridized carbons (Fsp3) is 0.333. The topological polar surface area (TPSA) is 100 Å². The molecule has 1 unspecified atom stereocenters. The first-order valence-electron chi connectivity index (χ1n) is 9.52. The Kier molecular flexibility index (Phi) is 5.26. The highest BCUT2D eigenvalue weighted by atomic mass is 16.6. The monoisotopic (exact) mass is 397 g/mol. The van der Waals surface area contributed by atoms with Gasteiger partial charge in [-0.2, -0.15) is 0 Å². The van der Waals surface area contributed by atoms with Crippen molar-refractivity contribution in [2.24, 2.45) is 0 Å². The van der Waals surface area contributed by atoms with Gasteiger partial charge < -0.3 is 30.1 Å². The molecule has 2 heterocycles. The number of aliphatic hydroxyl groups excluding tert-OH is 1. The average molecular weight is 397 g/mol. The van der Waals surface area contributed by atoms with Crippen LogP contribution in [0.3, 0.4) is 0 Å². The number of amides is 2. The molecular formula is C21H23N3O5. The molecule has 2 amide bonds. The van der Waals surface area contributed by atoms with Crippen molar-refractivity contribution in [1.29, 1.82) is 0 Å². The molecule has 3 N–H and O–H groups in total. The van der Waals surface area contributed by atoms with E-state index in [9.17, 15) is 14.7 Å². The molecule has 8 heteroatoms. The zero-order chi connectivity index (χ0) is 20.4. The number of rotatable bonds is 4. The van der Waals surface area contributed by atoms with Gasteiger partial charge in [0, 0.05) is 37.6 Å². The first kappa shape index (κ1) is 19.1. The lowest BCUT2D eigenvalue weighted by Gasteiger charge is -2.19. The molecule has 0 fully saturated rings. The summed E-state index contributed by atoms with van der Waals surface area (Å²) in [5.74, 6) is -0.515. The van der Waals surface area contributed by atoms with E-state index in [0.717, 1.165) is 18.7 Å². The maximum atomic E-state index is 12.1. The van der Waals surface area contributed by atoms with E-state index < -0.39 is 17.9 Å². The molecular weight excluding hydrogens is 374 g/mol. The first-order valence-corrected chi connectivity index (χ1v) is 9.52. The lowest BCUT2D eigenvalue weighted by molar-refractivity contribution is -0.136. The summed E-state index contributed by atoms with van der Waals surface area (Å²) < 4.78 is 10.9. The number of carbonyl (C=O) groups excluding carboxylic acids is 2. The normalized spacial score (nSPS) is 15.4. The maximum Gasteiger partial charge on any atom is 0.313 e. The number of ether oxygens (including phenoxy) is 2. The molecule has 2 aliphatic rings. The lowest BCUT2D eigenvalue weighted by Crippen LogP contribution is -2.37. The minimum absolute atomic E-state index is 0.0536. The van der Waals surface area contributed by atoms with Gasteiger partial charge in [0.2, 0.25) is 0 Å². The van der Waals surface area contributed by atoms with Crippen LogP contribution in [0.5, 0.6) is 11.5 Å². The Bertz CT molecular complexity index is 946. The maximum absolute atomic E-state index is 12.1. The SMILES string of the molecule is CN1CCc2cc(C(O)CNC(=O)C(=O)Nc3ccc4c(c3)OCCO4)ccc21. The number of nitrogens with zero attached hydrogens (tertiary/aromatic N) is 1. The largest absolute Gasteiger partial charge is 0.486 e. The highest BCUT2D eigenvalue weighted by molar-refractivity contribution is 6.39. The van der Waals surface area contributed by atoms with E-state index >= 15 is 0 Å². The molecule has 0 spiro atoms. The minimum atomic E-state index is -0.891. The summed E-state index contributed by atoms with van der Waals surface area (Å²) in [5.41, 5.74) is 3.47. The van der Waals surface area contributed by atoms with Crippen molar-refractivity contribution in [1.82, 2.24) is 5.32 Å². The number of hydrogen-bond acceptors (Lipinski definition) is 6. The molecule has 0 saturated heterocycles. The lowest BCUT2D eigenvalue weighted by atomic mass is 10.0. The number of fused-ring (bicyclic) bond motifs is 2. The molecule has 4 rings (SSSR count). The van der Waals surface area contributed by atoms with Crippen molar-refractivity contribution in [3.05, 3.63) is 47.5 Å². The van der Waals surface area contributed by atoms with Crippen molar-refractivity contribution in [3.8, 4) is 11.5 Å². The summed E-state index contributed by atoms with van der Waals surface area (Å²) in [6, 6.07) is 10.7. The standard InChI is InChI=1S/C21H23N3O5/c1-24-7-6-13-10-14(2-4-16(13)24)17(25)12-22-20(26)21(27)23-15-3-5-18-19(11-15)29-9-8-28-18/h2-5,10-11,17,25H,6-9,12H2,1H3,(H,22,26)(H,23,27). The van der Waals surface area contributed by atoms with E-state index in [4.69, 9.17) is 9.47 Å². The van der Waals surface area contributed by atoms with Crippen LogP contribution < -0.4 is 25.0 Å². The van der Waals surface area contributed by atoms with Gasteiger partial charge in [0.05, 0.1) is 6.10 Å². The predicted molar refractivity (Wildman–Crippen MR) is 107 cm³/mol. The van der Waals surface area contributed by atoms with E-state index in [0.29, 0.717) is 36.0 Å². The Morgan fingerprint density at radius 1 is 1.10 bits per heavy atom. The minimum Gasteiger partial charge on any atom is -0.486 e. The van der Waals surface area contributed by atoms with Crippen LogP contribution in [0.1, 0.15) is 17.2 Å². The number of nitrogens with one attached hydrogen (secondary N) is 2. The van der Waals surface area contributed by atoms with Gasteiger partial charge in [-0.1, -0.05) is 12.1 Å². The fourth-order valence-electron chi connectivity index (χ4n) is 3.49. The molecule has 2 aliphatic heterocycles. The van der Waals surface area contributed by atoms with Crippen LogP contribution in [-0.2, 0) is 16.0 Å². The van der Waals surface area contributed by atoms with E-state index in [1.54, 1.807) is 18.2 Å². The number of benzene rings is 2. The number of likely N-dealkylation sites (N-methyl/N-ethyl adjacent to an activating group) is 1. The van der Waals surface area contributed by atoms with Crippen LogP contribution in [0, 0.1) is 0 Å². The summed E-state index contributed by atoms with van der Waals surface area (Å²) in [7, 11) is 2.03. The molecule has 0 aliphatic carbocycles. The van der Waals surface area contributed by atoms with E-state index in [1.165, 1.54) is 5.56 Å². The van der Waals surface area contributed by atoms with Crippen LogP contribution >= 0.6 is 0 Å². The second-order valence-corrected chi connectivity index (χ2v) is 7.10. The molecule has 0 bridgehead atoms. The van der Waals surface area contributed by atoms with E-state index in [1.807, 2.05) is 25.2 Å². The number of aliphatic hydroxyl groups is 1. The highest BCUT2D eigenvalue weighted by Crippen LogP contribution is 2.32. The van der Waals surface area contributed by atoms with E-state index in [2.05, 4.69) is 15.5 Å². The summed E-state index contributed by atoms with van der Waals surface area (Å²) in [5, 5.41) is 15.4. The molecule has 0 aromatic heterocycles. The smallest absolute Gasteiger partial charge is 0.313 e. The van der Waals surface area contributed by atoms with Gasteiger partial charge in [-0.05, 0) is 35.7 Å². The quantitative estimate of drug-likeness (QED) is 0.672. The third-order valence-corrected chi connectivity index (χ3v) is 5.08. The Hall–Kier alpha value is -3.26. The third-order valence-electron chi connectivity index (χ3n) is 5.08. The summed E-state index contributed by atoms with van der Waals surface area (Å²) >= 11 is 0. The average Bonchev–Trinajstić information content (AvgIpc) is 3.11. The van der Waals surface area contributed by atoms with Gasteiger partial charge >= 0.3 is 11.8 Å².